The van der Waals surface area contributed by atoms with Gasteiger partial charge in [0.1, 0.15) is 5.76 Å². The summed E-state index contributed by atoms with van der Waals surface area (Å²) in [6, 6.07) is 11.4. The molecule has 1 aromatic carbocycles. The van der Waals surface area contributed by atoms with Gasteiger partial charge in [0.2, 0.25) is 0 Å². The van der Waals surface area contributed by atoms with Crippen LogP contribution >= 0.6 is 0 Å². The zero-order chi connectivity index (χ0) is 21.8. The number of guanidine groups is 1. The van der Waals surface area contributed by atoms with E-state index >= 15 is 0 Å². The maximum Gasteiger partial charge on any atom is 0.259 e. The van der Waals surface area contributed by atoms with E-state index in [-0.39, 0.29) is 11.8 Å². The molecule has 7 nitrogen and oxygen atoms in total. The molecule has 1 saturated carbocycles. The zero-order valence-corrected chi connectivity index (χ0v) is 18.2. The number of aliphatic hydroxyl groups is 1. The molecule has 1 saturated heterocycles. The van der Waals surface area contributed by atoms with Crippen molar-refractivity contribution in [1.82, 2.24) is 9.80 Å². The number of rotatable bonds is 5. The Morgan fingerprint density at radius 1 is 1.16 bits per heavy atom. The van der Waals surface area contributed by atoms with Gasteiger partial charge in [0.15, 0.2) is 11.6 Å². The second kappa shape index (κ2) is 9.14. The molecule has 4 rings (SSSR count). The molecule has 3 N–H and O–H groups in total. The van der Waals surface area contributed by atoms with Crippen molar-refractivity contribution in [2.75, 3.05) is 26.2 Å². The van der Waals surface area contributed by atoms with Gasteiger partial charge < -0.3 is 25.1 Å². The molecule has 2 heterocycles. The van der Waals surface area contributed by atoms with Crippen molar-refractivity contribution in [1.29, 1.82) is 0 Å². The van der Waals surface area contributed by atoms with Crippen molar-refractivity contribution < 1.29 is 14.3 Å². The fourth-order valence-corrected chi connectivity index (χ4v) is 4.80. The second-order valence-corrected chi connectivity index (χ2v) is 8.63. The molecular weight excluding hydrogens is 392 g/mol. The van der Waals surface area contributed by atoms with Crippen LogP contribution in [-0.2, 0) is 16.9 Å². The van der Waals surface area contributed by atoms with Crippen LogP contribution in [0.15, 0.2) is 52.1 Å². The maximum absolute atomic E-state index is 13.6. The number of carbonyl (C=O) groups excluding carboxylic acids is 1. The molecule has 2 fully saturated rings. The summed E-state index contributed by atoms with van der Waals surface area (Å²) in [5.74, 6) is 1.10. The molecule has 0 bridgehead atoms. The van der Waals surface area contributed by atoms with E-state index in [4.69, 9.17) is 10.2 Å². The van der Waals surface area contributed by atoms with Gasteiger partial charge in [0.25, 0.3) is 5.91 Å². The summed E-state index contributed by atoms with van der Waals surface area (Å²) in [5, 5.41) is 11.7. The summed E-state index contributed by atoms with van der Waals surface area (Å²) < 4.78 is 5.30. The lowest BCUT2D eigenvalue weighted by atomic mass is 9.79. The number of benzene rings is 1. The number of hydrogen-bond acceptors (Lipinski definition) is 4. The number of carbonyl (C=O) groups is 1. The molecule has 1 atom stereocenters. The van der Waals surface area contributed by atoms with Crippen LogP contribution in [0, 0.1) is 12.8 Å². The van der Waals surface area contributed by atoms with Crippen molar-refractivity contribution in [3.8, 4) is 0 Å². The van der Waals surface area contributed by atoms with E-state index in [0.29, 0.717) is 44.2 Å². The Hall–Kier alpha value is -2.80. The number of aliphatic imine (C=N–C) groups is 1. The van der Waals surface area contributed by atoms with Crippen molar-refractivity contribution in [3.05, 3.63) is 59.5 Å². The summed E-state index contributed by atoms with van der Waals surface area (Å²) in [6.07, 6.45) is 5.57. The Morgan fingerprint density at radius 3 is 2.42 bits per heavy atom. The summed E-state index contributed by atoms with van der Waals surface area (Å²) in [7, 11) is 0. The van der Waals surface area contributed by atoms with Gasteiger partial charge in [0, 0.05) is 37.7 Å². The Kier molecular flexibility index (Phi) is 6.32. The normalized spacial score (nSPS) is 20.1. The molecule has 1 aliphatic heterocycles. The van der Waals surface area contributed by atoms with Gasteiger partial charge in [-0.2, -0.15) is 0 Å². The predicted molar refractivity (Wildman–Crippen MR) is 119 cm³/mol. The third-order valence-electron chi connectivity index (χ3n) is 6.59. The van der Waals surface area contributed by atoms with Crippen molar-refractivity contribution in [3.63, 3.8) is 0 Å². The van der Waals surface area contributed by atoms with Crippen LogP contribution in [-0.4, -0.2) is 53.0 Å². The van der Waals surface area contributed by atoms with Crippen molar-refractivity contribution in [2.24, 2.45) is 16.6 Å². The van der Waals surface area contributed by atoms with Crippen LogP contribution < -0.4 is 5.73 Å². The SMILES string of the molecule is Cc1cc(CN=C(N)N2CCN(C(=O)C(O)(c3ccccc3)C3CCCC3)CC2)co1. The quantitative estimate of drug-likeness (QED) is 0.568. The molecule has 1 unspecified atom stereocenters. The largest absolute Gasteiger partial charge is 0.469 e. The number of nitrogens with two attached hydrogens (primary N) is 1. The number of amides is 1. The van der Waals surface area contributed by atoms with Crippen LogP contribution in [0.4, 0.5) is 0 Å². The van der Waals surface area contributed by atoms with Crippen LogP contribution in [0.5, 0.6) is 0 Å². The summed E-state index contributed by atoms with van der Waals surface area (Å²) in [5.41, 5.74) is 6.42. The van der Waals surface area contributed by atoms with Gasteiger partial charge in [-0.15, -0.1) is 0 Å². The Morgan fingerprint density at radius 2 is 1.81 bits per heavy atom. The third-order valence-corrected chi connectivity index (χ3v) is 6.59. The molecule has 31 heavy (non-hydrogen) atoms. The summed E-state index contributed by atoms with van der Waals surface area (Å²) in [6.45, 7) is 4.60. The standard InChI is InChI=1S/C24H32N4O3/c1-18-15-19(17-31-18)16-26-23(25)28-13-11-27(12-14-28)22(29)24(30,21-9-5-6-10-21)20-7-3-2-4-8-20/h2-4,7-8,15,17,21,30H,5-6,9-14,16H2,1H3,(H2,25,26). The fraction of sp³-hybridized carbons (Fsp3) is 0.500. The first kappa shape index (κ1) is 21.4. The van der Waals surface area contributed by atoms with Crippen LogP contribution in [0.25, 0.3) is 0 Å². The van der Waals surface area contributed by atoms with Gasteiger partial charge in [-0.05, 0) is 31.4 Å². The Bertz CT molecular complexity index is 912. The first-order valence-electron chi connectivity index (χ1n) is 11.1. The first-order chi connectivity index (χ1) is 15.0. The molecule has 166 valence electrons. The summed E-state index contributed by atoms with van der Waals surface area (Å²) >= 11 is 0. The van der Waals surface area contributed by atoms with Crippen LogP contribution in [0.1, 0.15) is 42.6 Å². The van der Waals surface area contributed by atoms with E-state index in [2.05, 4.69) is 4.99 Å². The molecule has 0 radical (unpaired) electrons. The van der Waals surface area contributed by atoms with Crippen LogP contribution in [0.3, 0.4) is 0 Å². The molecule has 1 amide bonds. The average Bonchev–Trinajstić information content (AvgIpc) is 3.49. The van der Waals surface area contributed by atoms with E-state index < -0.39 is 5.60 Å². The molecule has 0 spiro atoms. The van der Waals surface area contributed by atoms with E-state index in [1.807, 2.05) is 48.2 Å². The molecule has 1 aromatic heterocycles. The lowest BCUT2D eigenvalue weighted by molar-refractivity contribution is -0.160. The van der Waals surface area contributed by atoms with Gasteiger partial charge in [-0.1, -0.05) is 43.2 Å². The van der Waals surface area contributed by atoms with Crippen LogP contribution in [0.2, 0.25) is 0 Å². The molecule has 2 aliphatic rings. The number of furan rings is 1. The maximum atomic E-state index is 13.6. The smallest absolute Gasteiger partial charge is 0.259 e. The predicted octanol–water partition coefficient (Wildman–Crippen LogP) is 2.62. The first-order valence-corrected chi connectivity index (χ1v) is 11.1. The summed E-state index contributed by atoms with van der Waals surface area (Å²) in [4.78, 5) is 21.8. The lowest BCUT2D eigenvalue weighted by Crippen LogP contribution is -2.58. The molecule has 7 heteroatoms. The number of hydrogen-bond donors (Lipinski definition) is 2. The van der Waals surface area contributed by atoms with Gasteiger partial charge >= 0.3 is 0 Å². The minimum absolute atomic E-state index is 0.0366. The topological polar surface area (TPSA) is 95.3 Å². The van der Waals surface area contributed by atoms with E-state index in [9.17, 15) is 9.90 Å². The Balaban J connectivity index is 1.42. The fourth-order valence-electron chi connectivity index (χ4n) is 4.80. The zero-order valence-electron chi connectivity index (χ0n) is 18.2. The molecular formula is C24H32N4O3. The van der Waals surface area contributed by atoms with Gasteiger partial charge in [-0.25, -0.2) is 4.99 Å². The highest BCUT2D eigenvalue weighted by atomic mass is 16.3. The minimum atomic E-state index is -1.46. The van der Waals surface area contributed by atoms with Gasteiger partial charge in [0.05, 0.1) is 12.8 Å². The number of nitrogens with zero attached hydrogens (tertiary/aromatic N) is 3. The van der Waals surface area contributed by atoms with Crippen molar-refractivity contribution in [2.45, 2.75) is 44.8 Å². The highest BCUT2D eigenvalue weighted by Crippen LogP contribution is 2.42. The van der Waals surface area contributed by atoms with Crippen molar-refractivity contribution >= 4 is 11.9 Å². The number of aryl methyl sites for hydroxylation is 1. The van der Waals surface area contributed by atoms with E-state index in [1.54, 1.807) is 11.2 Å². The highest BCUT2D eigenvalue weighted by Gasteiger charge is 2.48. The average molecular weight is 425 g/mol. The number of piperazine rings is 1. The second-order valence-electron chi connectivity index (χ2n) is 8.63. The van der Waals surface area contributed by atoms with E-state index in [0.717, 1.165) is 37.0 Å². The Labute approximate surface area is 183 Å². The lowest BCUT2D eigenvalue weighted by Gasteiger charge is -2.41. The minimum Gasteiger partial charge on any atom is -0.469 e. The van der Waals surface area contributed by atoms with Gasteiger partial charge in [-0.3, -0.25) is 4.79 Å². The molecule has 1 aliphatic carbocycles. The van der Waals surface area contributed by atoms with E-state index in [1.165, 1.54) is 0 Å². The third kappa shape index (κ3) is 4.46. The highest BCUT2D eigenvalue weighted by molar-refractivity contribution is 5.87. The molecule has 2 aromatic rings. The monoisotopic (exact) mass is 424 g/mol.